The summed E-state index contributed by atoms with van der Waals surface area (Å²) in [5.74, 6) is -0.704. The van der Waals surface area contributed by atoms with E-state index in [1.807, 2.05) is 0 Å². The molecule has 2 amide bonds. The van der Waals surface area contributed by atoms with Crippen molar-refractivity contribution in [2.45, 2.75) is 12.8 Å². The van der Waals surface area contributed by atoms with E-state index in [4.69, 9.17) is 16.3 Å². The van der Waals surface area contributed by atoms with Crippen molar-refractivity contribution in [2.24, 2.45) is 11.8 Å². The number of anilines is 1. The molecule has 0 saturated heterocycles. The Morgan fingerprint density at radius 3 is 2.71 bits per heavy atom. The van der Waals surface area contributed by atoms with E-state index >= 15 is 0 Å². The normalized spacial score (nSPS) is 19.9. The van der Waals surface area contributed by atoms with E-state index in [1.54, 1.807) is 31.4 Å². The molecule has 0 heterocycles. The third kappa shape index (κ3) is 4.44. The smallest absolute Gasteiger partial charge is 0.228 e. The molecule has 0 radical (unpaired) electrons. The first kappa shape index (κ1) is 15.8. The first-order valence-corrected chi connectivity index (χ1v) is 7.33. The fourth-order valence-electron chi connectivity index (χ4n) is 2.12. The molecule has 2 atom stereocenters. The average Bonchev–Trinajstić information content (AvgIpc) is 3.26. The molecule has 1 fully saturated rings. The zero-order chi connectivity index (χ0) is 15.2. The van der Waals surface area contributed by atoms with Gasteiger partial charge >= 0.3 is 0 Å². The molecule has 114 valence electrons. The van der Waals surface area contributed by atoms with Crippen molar-refractivity contribution in [3.05, 3.63) is 29.3 Å². The predicted octanol–water partition coefficient (Wildman–Crippen LogP) is 2.07. The van der Waals surface area contributed by atoms with Crippen LogP contribution in [0, 0.1) is 11.8 Å². The van der Waals surface area contributed by atoms with Crippen LogP contribution in [-0.2, 0) is 14.3 Å². The Hall–Kier alpha value is -1.59. The number of hydrogen-bond donors (Lipinski definition) is 2. The van der Waals surface area contributed by atoms with Crippen molar-refractivity contribution in [3.8, 4) is 0 Å². The van der Waals surface area contributed by atoms with Crippen molar-refractivity contribution in [2.75, 3.05) is 25.6 Å². The molecule has 1 aromatic carbocycles. The van der Waals surface area contributed by atoms with Gasteiger partial charge in [-0.05, 0) is 25.0 Å². The minimum atomic E-state index is -0.260. The van der Waals surface area contributed by atoms with E-state index in [1.165, 1.54) is 0 Å². The molecule has 6 heteroatoms. The maximum Gasteiger partial charge on any atom is 0.228 e. The summed E-state index contributed by atoms with van der Waals surface area (Å²) in [7, 11) is 1.62. The van der Waals surface area contributed by atoms with Crippen molar-refractivity contribution in [1.29, 1.82) is 0 Å². The number of halogens is 1. The number of methoxy groups -OCH3 is 1. The standard InChI is InChI=1S/C15H19ClN2O3/c1-21-8-4-7-17-14(19)10-9-11(10)15(20)18-13-6-3-2-5-12(13)16/h2-3,5-6,10-11H,4,7-9H2,1H3,(H,17,19)(H,18,20). The Morgan fingerprint density at radius 2 is 2.00 bits per heavy atom. The Bertz CT molecular complexity index is 521. The molecule has 1 aliphatic carbocycles. The van der Waals surface area contributed by atoms with E-state index in [0.29, 0.717) is 30.3 Å². The third-order valence-corrected chi connectivity index (χ3v) is 3.75. The minimum Gasteiger partial charge on any atom is -0.385 e. The van der Waals surface area contributed by atoms with Gasteiger partial charge in [-0.15, -0.1) is 0 Å². The predicted molar refractivity (Wildman–Crippen MR) is 81.2 cm³/mol. The summed E-state index contributed by atoms with van der Waals surface area (Å²) >= 11 is 5.98. The lowest BCUT2D eigenvalue weighted by atomic mass is 10.2. The zero-order valence-corrected chi connectivity index (χ0v) is 12.7. The van der Waals surface area contributed by atoms with Gasteiger partial charge in [-0.25, -0.2) is 0 Å². The molecular formula is C15H19ClN2O3. The van der Waals surface area contributed by atoms with Crippen molar-refractivity contribution >= 4 is 29.1 Å². The second kappa shape index (κ2) is 7.43. The van der Waals surface area contributed by atoms with Crippen molar-refractivity contribution < 1.29 is 14.3 Å². The molecule has 1 saturated carbocycles. The maximum absolute atomic E-state index is 12.0. The van der Waals surface area contributed by atoms with Crippen LogP contribution in [-0.4, -0.2) is 32.1 Å². The number of para-hydroxylation sites is 1. The number of nitrogens with one attached hydrogen (secondary N) is 2. The molecule has 0 aromatic heterocycles. The van der Waals surface area contributed by atoms with Crippen LogP contribution in [0.2, 0.25) is 5.02 Å². The van der Waals surface area contributed by atoms with E-state index in [9.17, 15) is 9.59 Å². The van der Waals surface area contributed by atoms with Crippen LogP contribution < -0.4 is 10.6 Å². The zero-order valence-electron chi connectivity index (χ0n) is 11.9. The second-order valence-corrected chi connectivity index (χ2v) is 5.46. The molecule has 0 spiro atoms. The number of carbonyl (C=O) groups is 2. The Balaban J connectivity index is 1.76. The summed E-state index contributed by atoms with van der Waals surface area (Å²) in [6, 6.07) is 7.05. The number of amides is 2. The Labute approximate surface area is 129 Å². The molecule has 0 bridgehead atoms. The van der Waals surface area contributed by atoms with Crippen LogP contribution >= 0.6 is 11.6 Å². The van der Waals surface area contributed by atoms with Crippen LogP contribution in [0.3, 0.4) is 0 Å². The highest BCUT2D eigenvalue weighted by atomic mass is 35.5. The van der Waals surface area contributed by atoms with E-state index in [0.717, 1.165) is 6.42 Å². The van der Waals surface area contributed by atoms with Gasteiger partial charge in [0, 0.05) is 20.3 Å². The summed E-state index contributed by atoms with van der Waals surface area (Å²) in [6.45, 7) is 1.18. The van der Waals surface area contributed by atoms with Gasteiger partial charge in [0.15, 0.2) is 0 Å². The monoisotopic (exact) mass is 310 g/mol. The average molecular weight is 311 g/mol. The molecular weight excluding hydrogens is 292 g/mol. The first-order chi connectivity index (χ1) is 10.1. The summed E-state index contributed by atoms with van der Waals surface area (Å²) in [5.41, 5.74) is 0.579. The van der Waals surface area contributed by atoms with E-state index < -0.39 is 0 Å². The minimum absolute atomic E-state index is 0.0644. The maximum atomic E-state index is 12.0. The topological polar surface area (TPSA) is 67.4 Å². The highest BCUT2D eigenvalue weighted by molar-refractivity contribution is 6.33. The quantitative estimate of drug-likeness (QED) is 0.758. The second-order valence-electron chi connectivity index (χ2n) is 5.06. The molecule has 2 rings (SSSR count). The van der Waals surface area contributed by atoms with Crippen LogP contribution in [0.4, 0.5) is 5.69 Å². The summed E-state index contributed by atoms with van der Waals surface area (Å²) in [5, 5.41) is 6.07. The van der Waals surface area contributed by atoms with Gasteiger partial charge in [-0.2, -0.15) is 0 Å². The summed E-state index contributed by atoms with van der Waals surface area (Å²) < 4.78 is 4.91. The Kier molecular flexibility index (Phi) is 5.59. The number of hydrogen-bond acceptors (Lipinski definition) is 3. The molecule has 5 nitrogen and oxygen atoms in total. The van der Waals surface area contributed by atoms with Crippen LogP contribution in [0.5, 0.6) is 0 Å². The number of rotatable bonds is 7. The molecule has 21 heavy (non-hydrogen) atoms. The van der Waals surface area contributed by atoms with Gasteiger partial charge in [0.25, 0.3) is 0 Å². The van der Waals surface area contributed by atoms with Gasteiger partial charge < -0.3 is 15.4 Å². The van der Waals surface area contributed by atoms with E-state index in [2.05, 4.69) is 10.6 Å². The lowest BCUT2D eigenvalue weighted by Gasteiger charge is -2.07. The summed E-state index contributed by atoms with van der Waals surface area (Å²) in [6.07, 6.45) is 1.36. The van der Waals surface area contributed by atoms with Gasteiger partial charge in [0.1, 0.15) is 0 Å². The fraction of sp³-hybridized carbons (Fsp3) is 0.467. The van der Waals surface area contributed by atoms with Crippen LogP contribution in [0.15, 0.2) is 24.3 Å². The largest absolute Gasteiger partial charge is 0.385 e. The van der Waals surface area contributed by atoms with Crippen molar-refractivity contribution in [3.63, 3.8) is 0 Å². The fourth-order valence-corrected chi connectivity index (χ4v) is 2.30. The van der Waals surface area contributed by atoms with E-state index in [-0.39, 0.29) is 23.7 Å². The van der Waals surface area contributed by atoms with Gasteiger partial charge in [-0.1, -0.05) is 23.7 Å². The molecule has 2 N–H and O–H groups in total. The molecule has 0 aliphatic heterocycles. The van der Waals surface area contributed by atoms with Gasteiger partial charge in [-0.3, -0.25) is 9.59 Å². The third-order valence-electron chi connectivity index (χ3n) is 3.42. The molecule has 1 aliphatic rings. The number of benzene rings is 1. The molecule has 1 aromatic rings. The van der Waals surface area contributed by atoms with Crippen LogP contribution in [0.25, 0.3) is 0 Å². The highest BCUT2D eigenvalue weighted by Crippen LogP contribution is 2.39. The lowest BCUT2D eigenvalue weighted by Crippen LogP contribution is -2.28. The highest BCUT2D eigenvalue weighted by Gasteiger charge is 2.47. The summed E-state index contributed by atoms with van der Waals surface area (Å²) in [4.78, 5) is 23.9. The van der Waals surface area contributed by atoms with Gasteiger partial charge in [0.2, 0.25) is 11.8 Å². The molecule has 2 unspecified atom stereocenters. The Morgan fingerprint density at radius 1 is 1.29 bits per heavy atom. The lowest BCUT2D eigenvalue weighted by molar-refractivity contribution is -0.125. The first-order valence-electron chi connectivity index (χ1n) is 6.95. The van der Waals surface area contributed by atoms with Crippen molar-refractivity contribution in [1.82, 2.24) is 5.32 Å². The SMILES string of the molecule is COCCCNC(=O)C1CC1C(=O)Nc1ccccc1Cl. The van der Waals surface area contributed by atoms with Gasteiger partial charge in [0.05, 0.1) is 22.5 Å². The van der Waals surface area contributed by atoms with Crippen LogP contribution in [0.1, 0.15) is 12.8 Å². The number of carbonyl (C=O) groups excluding carboxylic acids is 2. The number of ether oxygens (including phenoxy) is 1.